The Morgan fingerprint density at radius 2 is 2.38 bits per heavy atom. The lowest BCUT2D eigenvalue weighted by Crippen LogP contribution is -2.45. The number of nitrogens with zero attached hydrogens (tertiary/aromatic N) is 1. The molecule has 1 aromatic rings. The van der Waals surface area contributed by atoms with Gasteiger partial charge in [-0.05, 0) is 25.1 Å². The molecule has 1 aliphatic heterocycles. The molecule has 1 unspecified atom stereocenters. The lowest BCUT2D eigenvalue weighted by atomic mass is 10.1. The van der Waals surface area contributed by atoms with Crippen LogP contribution in [0.5, 0.6) is 0 Å². The summed E-state index contributed by atoms with van der Waals surface area (Å²) in [5.41, 5.74) is 7.62. The third kappa shape index (κ3) is 2.20. The van der Waals surface area contributed by atoms with E-state index in [9.17, 15) is 4.79 Å². The van der Waals surface area contributed by atoms with Gasteiger partial charge in [0.15, 0.2) is 0 Å². The third-order valence-electron chi connectivity index (χ3n) is 2.45. The highest BCUT2D eigenvalue weighted by Crippen LogP contribution is 2.32. The Bertz CT molecular complexity index is 420. The number of amides is 1. The minimum Gasteiger partial charge on any atom is -0.374 e. The van der Waals surface area contributed by atoms with Crippen LogP contribution >= 0.6 is 15.9 Å². The molecule has 1 amide bonds. The monoisotopic (exact) mass is 283 g/mol. The maximum atomic E-state index is 11.8. The van der Waals surface area contributed by atoms with Gasteiger partial charge in [0, 0.05) is 17.1 Å². The molecular formula is C11H14BrN3O. The smallest absolute Gasteiger partial charge is 0.246 e. The number of benzene rings is 1. The quantitative estimate of drug-likeness (QED) is 0.866. The van der Waals surface area contributed by atoms with Gasteiger partial charge in [-0.3, -0.25) is 4.79 Å². The Morgan fingerprint density at radius 1 is 1.62 bits per heavy atom. The molecule has 0 bridgehead atoms. The van der Waals surface area contributed by atoms with E-state index in [-0.39, 0.29) is 11.9 Å². The number of nitrogens with two attached hydrogens (primary N) is 1. The van der Waals surface area contributed by atoms with E-state index in [1.54, 1.807) is 4.90 Å². The fourth-order valence-corrected chi connectivity index (χ4v) is 2.12. The highest BCUT2D eigenvalue weighted by Gasteiger charge is 2.24. The van der Waals surface area contributed by atoms with Gasteiger partial charge in [-0.2, -0.15) is 0 Å². The zero-order valence-corrected chi connectivity index (χ0v) is 10.6. The Labute approximate surface area is 103 Å². The molecule has 0 radical (unpaired) electrons. The summed E-state index contributed by atoms with van der Waals surface area (Å²) in [6.45, 7) is 2.78. The van der Waals surface area contributed by atoms with E-state index in [1.165, 1.54) is 0 Å². The van der Waals surface area contributed by atoms with Crippen LogP contribution in [0.4, 0.5) is 11.4 Å². The van der Waals surface area contributed by atoms with Crippen LogP contribution in [0.3, 0.4) is 0 Å². The van der Waals surface area contributed by atoms with Gasteiger partial charge >= 0.3 is 0 Å². The molecule has 0 aliphatic carbocycles. The molecule has 1 aliphatic rings. The van der Waals surface area contributed by atoms with Crippen LogP contribution in [-0.2, 0) is 4.79 Å². The first-order chi connectivity index (χ1) is 7.58. The maximum Gasteiger partial charge on any atom is 0.246 e. The summed E-state index contributed by atoms with van der Waals surface area (Å²) in [4.78, 5) is 13.5. The summed E-state index contributed by atoms with van der Waals surface area (Å²) in [6.07, 6.45) is 0. The predicted molar refractivity (Wildman–Crippen MR) is 68.6 cm³/mol. The van der Waals surface area contributed by atoms with Gasteiger partial charge < -0.3 is 16.0 Å². The van der Waals surface area contributed by atoms with Crippen molar-refractivity contribution >= 4 is 33.2 Å². The Balaban J connectivity index is 2.38. The SMILES string of the molecule is CC(N)CN1C(=O)CNc2ccc(Br)cc21. The molecule has 0 aromatic heterocycles. The molecule has 0 fully saturated rings. The molecule has 1 aromatic carbocycles. The molecule has 86 valence electrons. The second kappa shape index (κ2) is 4.43. The first-order valence-corrected chi connectivity index (χ1v) is 5.96. The van der Waals surface area contributed by atoms with Gasteiger partial charge in [-0.1, -0.05) is 15.9 Å². The Kier molecular flexibility index (Phi) is 3.16. The van der Waals surface area contributed by atoms with Crippen LogP contribution in [0, 0.1) is 0 Å². The van der Waals surface area contributed by atoms with Crippen molar-refractivity contribution in [3.05, 3.63) is 22.7 Å². The Hall–Kier alpha value is -1.07. The second-order valence-electron chi connectivity index (χ2n) is 4.00. The number of carbonyl (C=O) groups excluding carboxylic acids is 1. The van der Waals surface area contributed by atoms with E-state index >= 15 is 0 Å². The summed E-state index contributed by atoms with van der Waals surface area (Å²) in [6, 6.07) is 5.81. The largest absolute Gasteiger partial charge is 0.374 e. The molecule has 1 heterocycles. The topological polar surface area (TPSA) is 58.4 Å². The van der Waals surface area contributed by atoms with Crippen LogP contribution in [-0.4, -0.2) is 25.0 Å². The van der Waals surface area contributed by atoms with E-state index in [2.05, 4.69) is 21.2 Å². The number of rotatable bonds is 2. The number of anilines is 2. The van der Waals surface area contributed by atoms with Crippen LogP contribution in [0.1, 0.15) is 6.92 Å². The van der Waals surface area contributed by atoms with Crippen LogP contribution in [0.15, 0.2) is 22.7 Å². The summed E-state index contributed by atoms with van der Waals surface area (Å²) >= 11 is 3.41. The van der Waals surface area contributed by atoms with Crippen molar-refractivity contribution in [2.45, 2.75) is 13.0 Å². The number of nitrogens with one attached hydrogen (secondary N) is 1. The number of fused-ring (bicyclic) bond motifs is 1. The predicted octanol–water partition coefficient (Wildman–Crippen LogP) is 1.55. The third-order valence-corrected chi connectivity index (χ3v) is 2.95. The van der Waals surface area contributed by atoms with E-state index < -0.39 is 0 Å². The molecule has 0 spiro atoms. The van der Waals surface area contributed by atoms with Crippen molar-refractivity contribution in [2.24, 2.45) is 5.73 Å². The summed E-state index contributed by atoms with van der Waals surface area (Å²) < 4.78 is 0.956. The molecule has 3 N–H and O–H groups in total. The number of carbonyl (C=O) groups is 1. The van der Waals surface area contributed by atoms with Gasteiger partial charge in [-0.25, -0.2) is 0 Å². The fourth-order valence-electron chi connectivity index (χ4n) is 1.77. The minimum atomic E-state index is -0.0334. The standard InChI is InChI=1S/C11H14BrN3O/c1-7(13)6-15-10-4-8(12)2-3-9(10)14-5-11(15)16/h2-4,7,14H,5-6,13H2,1H3. The molecule has 4 nitrogen and oxygen atoms in total. The van der Waals surface area contributed by atoms with Crippen molar-refractivity contribution in [1.82, 2.24) is 0 Å². The average Bonchev–Trinajstić information content (AvgIpc) is 2.22. The fraction of sp³-hybridized carbons (Fsp3) is 0.364. The Morgan fingerprint density at radius 3 is 3.06 bits per heavy atom. The number of hydrogen-bond donors (Lipinski definition) is 2. The van der Waals surface area contributed by atoms with E-state index in [0.29, 0.717) is 13.1 Å². The van der Waals surface area contributed by atoms with Crippen molar-refractivity contribution in [1.29, 1.82) is 0 Å². The number of halogens is 1. The van der Waals surface area contributed by atoms with Crippen molar-refractivity contribution in [3.63, 3.8) is 0 Å². The summed E-state index contributed by atoms with van der Waals surface area (Å²) in [7, 11) is 0. The van der Waals surface area contributed by atoms with Gasteiger partial charge in [0.1, 0.15) is 0 Å². The van der Waals surface area contributed by atoms with E-state index in [0.717, 1.165) is 15.8 Å². The molecule has 0 saturated carbocycles. The summed E-state index contributed by atoms with van der Waals surface area (Å²) in [5.74, 6) is 0.0582. The van der Waals surface area contributed by atoms with Gasteiger partial charge in [0.05, 0.1) is 17.9 Å². The first-order valence-electron chi connectivity index (χ1n) is 5.17. The zero-order chi connectivity index (χ0) is 11.7. The maximum absolute atomic E-state index is 11.8. The van der Waals surface area contributed by atoms with E-state index in [1.807, 2.05) is 25.1 Å². The number of hydrogen-bond acceptors (Lipinski definition) is 3. The highest BCUT2D eigenvalue weighted by molar-refractivity contribution is 9.10. The van der Waals surface area contributed by atoms with Crippen LogP contribution in [0.2, 0.25) is 0 Å². The van der Waals surface area contributed by atoms with Gasteiger partial charge in [-0.15, -0.1) is 0 Å². The first kappa shape index (κ1) is 11.4. The summed E-state index contributed by atoms with van der Waals surface area (Å²) in [5, 5.41) is 3.09. The van der Waals surface area contributed by atoms with Crippen LogP contribution < -0.4 is 16.0 Å². The molecule has 0 saturated heterocycles. The van der Waals surface area contributed by atoms with Crippen molar-refractivity contribution < 1.29 is 4.79 Å². The molecule has 16 heavy (non-hydrogen) atoms. The molecule has 5 heteroatoms. The van der Waals surface area contributed by atoms with Gasteiger partial charge in [0.25, 0.3) is 0 Å². The van der Waals surface area contributed by atoms with Crippen LogP contribution in [0.25, 0.3) is 0 Å². The van der Waals surface area contributed by atoms with Crippen molar-refractivity contribution in [3.8, 4) is 0 Å². The normalized spacial score (nSPS) is 16.7. The lowest BCUT2D eigenvalue weighted by Gasteiger charge is -2.31. The van der Waals surface area contributed by atoms with E-state index in [4.69, 9.17) is 5.73 Å². The molecule has 1 atom stereocenters. The average molecular weight is 284 g/mol. The lowest BCUT2D eigenvalue weighted by molar-refractivity contribution is -0.117. The zero-order valence-electron chi connectivity index (χ0n) is 9.03. The minimum absolute atomic E-state index is 0.0334. The second-order valence-corrected chi connectivity index (χ2v) is 4.91. The molecule has 2 rings (SSSR count). The van der Waals surface area contributed by atoms with Crippen molar-refractivity contribution in [2.75, 3.05) is 23.3 Å². The highest BCUT2D eigenvalue weighted by atomic mass is 79.9. The van der Waals surface area contributed by atoms with Gasteiger partial charge in [0.2, 0.25) is 5.91 Å². The molecular weight excluding hydrogens is 270 g/mol.